The van der Waals surface area contributed by atoms with Gasteiger partial charge in [0.05, 0.1) is 0 Å². The number of benzene rings is 2. The Hall–Kier alpha value is -3.15. The van der Waals surface area contributed by atoms with Crippen LogP contribution in [0.25, 0.3) is 0 Å². The van der Waals surface area contributed by atoms with Crippen molar-refractivity contribution in [2.75, 3.05) is 11.4 Å². The van der Waals surface area contributed by atoms with Crippen LogP contribution in [0, 0.1) is 0 Å². The SMILES string of the molecule is O=C(CCN1C(=O)CCc2ccccc21)NC(Cc1ccccc1)C(=O)O. The van der Waals surface area contributed by atoms with Gasteiger partial charge >= 0.3 is 5.97 Å². The van der Waals surface area contributed by atoms with Crippen LogP contribution >= 0.6 is 0 Å². The van der Waals surface area contributed by atoms with E-state index in [0.717, 1.165) is 16.8 Å². The van der Waals surface area contributed by atoms with Gasteiger partial charge < -0.3 is 15.3 Å². The fourth-order valence-electron chi connectivity index (χ4n) is 3.27. The van der Waals surface area contributed by atoms with E-state index >= 15 is 0 Å². The minimum absolute atomic E-state index is 0.0134. The van der Waals surface area contributed by atoms with Crippen LogP contribution in [0.1, 0.15) is 24.0 Å². The Bertz CT molecular complexity index is 835. The summed E-state index contributed by atoms with van der Waals surface area (Å²) in [6, 6.07) is 15.8. The number of anilines is 1. The zero-order chi connectivity index (χ0) is 19.2. The molecule has 1 atom stereocenters. The molecule has 1 aliphatic heterocycles. The summed E-state index contributed by atoms with van der Waals surface area (Å²) in [5, 5.41) is 12.0. The van der Waals surface area contributed by atoms with E-state index in [1.54, 1.807) is 4.90 Å². The molecule has 1 heterocycles. The van der Waals surface area contributed by atoms with Gasteiger partial charge in [0.2, 0.25) is 11.8 Å². The quantitative estimate of drug-likeness (QED) is 0.786. The summed E-state index contributed by atoms with van der Waals surface area (Å²) >= 11 is 0. The van der Waals surface area contributed by atoms with E-state index < -0.39 is 12.0 Å². The number of nitrogens with one attached hydrogen (secondary N) is 1. The average molecular weight is 366 g/mol. The van der Waals surface area contributed by atoms with Crippen LogP contribution in [-0.4, -0.2) is 35.5 Å². The van der Waals surface area contributed by atoms with Gasteiger partial charge in [-0.25, -0.2) is 4.79 Å². The minimum Gasteiger partial charge on any atom is -0.480 e. The summed E-state index contributed by atoms with van der Waals surface area (Å²) < 4.78 is 0. The maximum Gasteiger partial charge on any atom is 0.326 e. The van der Waals surface area contributed by atoms with Crippen molar-refractivity contribution < 1.29 is 19.5 Å². The Morgan fingerprint density at radius 3 is 2.48 bits per heavy atom. The highest BCUT2D eigenvalue weighted by Crippen LogP contribution is 2.27. The number of rotatable bonds is 7. The molecular formula is C21H22N2O4. The Balaban J connectivity index is 1.60. The van der Waals surface area contributed by atoms with Crippen molar-refractivity contribution in [2.45, 2.75) is 31.7 Å². The highest BCUT2D eigenvalue weighted by Gasteiger charge is 2.25. The zero-order valence-electron chi connectivity index (χ0n) is 14.9. The fourth-order valence-corrected chi connectivity index (χ4v) is 3.27. The van der Waals surface area contributed by atoms with Crippen LogP contribution in [0.5, 0.6) is 0 Å². The molecule has 0 aliphatic carbocycles. The standard InChI is InChI=1S/C21H22N2O4/c24-19(22-17(21(26)27)14-15-6-2-1-3-7-15)12-13-23-18-9-5-4-8-16(18)10-11-20(23)25/h1-9,17H,10-14H2,(H,22,24)(H,26,27). The van der Waals surface area contributed by atoms with Crippen LogP contribution in [0.2, 0.25) is 0 Å². The van der Waals surface area contributed by atoms with Crippen molar-refractivity contribution in [1.29, 1.82) is 0 Å². The van der Waals surface area contributed by atoms with E-state index in [-0.39, 0.29) is 31.2 Å². The summed E-state index contributed by atoms with van der Waals surface area (Å²) in [6.07, 6.45) is 1.40. The number of para-hydroxylation sites is 1. The highest BCUT2D eigenvalue weighted by atomic mass is 16.4. The predicted octanol–water partition coefficient (Wildman–Crippen LogP) is 2.17. The minimum atomic E-state index is -1.08. The largest absolute Gasteiger partial charge is 0.480 e. The summed E-state index contributed by atoms with van der Waals surface area (Å²) in [6.45, 7) is 0.235. The van der Waals surface area contributed by atoms with E-state index in [9.17, 15) is 19.5 Å². The molecule has 0 saturated heterocycles. The van der Waals surface area contributed by atoms with Crippen LogP contribution in [-0.2, 0) is 27.2 Å². The molecule has 0 radical (unpaired) electrons. The fraction of sp³-hybridized carbons (Fsp3) is 0.286. The Morgan fingerprint density at radius 2 is 1.74 bits per heavy atom. The second-order valence-corrected chi connectivity index (χ2v) is 6.57. The Kier molecular flexibility index (Phi) is 5.86. The first-order valence-electron chi connectivity index (χ1n) is 8.99. The molecule has 2 amide bonds. The van der Waals surface area contributed by atoms with Crippen molar-refractivity contribution >= 4 is 23.5 Å². The topological polar surface area (TPSA) is 86.7 Å². The maximum absolute atomic E-state index is 12.3. The molecule has 3 rings (SSSR count). The third-order valence-corrected chi connectivity index (χ3v) is 4.67. The molecule has 6 heteroatoms. The molecule has 0 spiro atoms. The van der Waals surface area contributed by atoms with E-state index in [1.165, 1.54) is 0 Å². The van der Waals surface area contributed by atoms with Crippen molar-refractivity contribution in [1.82, 2.24) is 5.32 Å². The zero-order valence-corrected chi connectivity index (χ0v) is 14.9. The second-order valence-electron chi connectivity index (χ2n) is 6.57. The van der Waals surface area contributed by atoms with Gasteiger partial charge in [-0.2, -0.15) is 0 Å². The lowest BCUT2D eigenvalue weighted by Gasteiger charge is -2.29. The molecule has 0 aromatic heterocycles. The first kappa shape index (κ1) is 18.6. The molecule has 0 saturated carbocycles. The Labute approximate surface area is 157 Å². The summed E-state index contributed by atoms with van der Waals surface area (Å²) in [7, 11) is 0. The van der Waals surface area contributed by atoms with E-state index in [1.807, 2.05) is 54.6 Å². The third-order valence-electron chi connectivity index (χ3n) is 4.67. The second kappa shape index (κ2) is 8.49. The van der Waals surface area contributed by atoms with Crippen molar-refractivity contribution in [3.8, 4) is 0 Å². The molecule has 6 nitrogen and oxygen atoms in total. The van der Waals surface area contributed by atoms with Gasteiger partial charge in [-0.05, 0) is 23.6 Å². The van der Waals surface area contributed by atoms with Gasteiger partial charge in [0.1, 0.15) is 6.04 Å². The number of aryl methyl sites for hydroxylation is 1. The van der Waals surface area contributed by atoms with Crippen LogP contribution in [0.15, 0.2) is 54.6 Å². The number of hydrogen-bond donors (Lipinski definition) is 2. The van der Waals surface area contributed by atoms with Gasteiger partial charge in [0.15, 0.2) is 0 Å². The molecule has 2 aromatic rings. The molecule has 1 aliphatic rings. The lowest BCUT2D eigenvalue weighted by molar-refractivity contribution is -0.141. The van der Waals surface area contributed by atoms with Crippen molar-refractivity contribution in [3.63, 3.8) is 0 Å². The third kappa shape index (κ3) is 4.73. The van der Waals surface area contributed by atoms with Crippen molar-refractivity contribution in [3.05, 3.63) is 65.7 Å². The van der Waals surface area contributed by atoms with Gasteiger partial charge in [-0.15, -0.1) is 0 Å². The van der Waals surface area contributed by atoms with Gasteiger partial charge in [0.25, 0.3) is 0 Å². The van der Waals surface area contributed by atoms with Gasteiger partial charge in [0, 0.05) is 31.5 Å². The highest BCUT2D eigenvalue weighted by molar-refractivity contribution is 5.97. The number of carbonyl (C=O) groups is 3. The predicted molar refractivity (Wildman–Crippen MR) is 101 cm³/mol. The van der Waals surface area contributed by atoms with E-state index in [2.05, 4.69) is 5.32 Å². The van der Waals surface area contributed by atoms with Crippen LogP contribution in [0.3, 0.4) is 0 Å². The lowest BCUT2D eigenvalue weighted by Crippen LogP contribution is -2.44. The summed E-state index contributed by atoms with van der Waals surface area (Å²) in [4.78, 5) is 37.6. The monoisotopic (exact) mass is 366 g/mol. The van der Waals surface area contributed by atoms with Crippen molar-refractivity contribution in [2.24, 2.45) is 0 Å². The van der Waals surface area contributed by atoms with Crippen LogP contribution < -0.4 is 10.2 Å². The molecular weight excluding hydrogens is 344 g/mol. The van der Waals surface area contributed by atoms with E-state index in [4.69, 9.17) is 0 Å². The number of carboxylic acid groups (broad SMARTS) is 1. The number of carbonyl (C=O) groups excluding carboxylic acids is 2. The number of nitrogens with zero attached hydrogens (tertiary/aromatic N) is 1. The Morgan fingerprint density at radius 1 is 1.04 bits per heavy atom. The number of amides is 2. The number of hydrogen-bond acceptors (Lipinski definition) is 3. The van der Waals surface area contributed by atoms with E-state index in [0.29, 0.717) is 12.8 Å². The average Bonchev–Trinajstić information content (AvgIpc) is 2.67. The number of fused-ring (bicyclic) bond motifs is 1. The molecule has 27 heavy (non-hydrogen) atoms. The van der Waals surface area contributed by atoms with Gasteiger partial charge in [-0.3, -0.25) is 9.59 Å². The molecule has 2 N–H and O–H groups in total. The molecule has 0 bridgehead atoms. The molecule has 1 unspecified atom stereocenters. The smallest absolute Gasteiger partial charge is 0.326 e. The number of aliphatic carboxylic acids is 1. The molecule has 2 aromatic carbocycles. The molecule has 0 fully saturated rings. The maximum atomic E-state index is 12.3. The first-order chi connectivity index (χ1) is 13.0. The first-order valence-corrected chi connectivity index (χ1v) is 8.99. The summed E-state index contributed by atoms with van der Waals surface area (Å²) in [5.74, 6) is -1.47. The normalized spacial score (nSPS) is 14.4. The number of carboxylic acids is 1. The summed E-state index contributed by atoms with van der Waals surface area (Å²) in [5.41, 5.74) is 2.76. The van der Waals surface area contributed by atoms with Gasteiger partial charge in [-0.1, -0.05) is 48.5 Å². The van der Waals surface area contributed by atoms with Crippen LogP contribution in [0.4, 0.5) is 5.69 Å². The lowest BCUT2D eigenvalue weighted by atomic mass is 10.0. The molecule has 140 valence electrons.